The zero-order valence-electron chi connectivity index (χ0n) is 9.83. The van der Waals surface area contributed by atoms with E-state index in [-0.39, 0.29) is 0 Å². The average molecular weight is 220 g/mol. The number of aryl methyl sites for hydroxylation is 1. The minimum atomic E-state index is 0.596. The summed E-state index contributed by atoms with van der Waals surface area (Å²) >= 11 is 0. The number of benzene rings is 1. The maximum absolute atomic E-state index is 5.35. The van der Waals surface area contributed by atoms with Crippen LogP contribution in [-0.4, -0.2) is 32.8 Å². The molecule has 0 amide bonds. The lowest BCUT2D eigenvalue weighted by Crippen LogP contribution is -2.48. The summed E-state index contributed by atoms with van der Waals surface area (Å²) in [6.07, 6.45) is 2.23. The molecule has 0 spiro atoms. The maximum Gasteiger partial charge on any atom is 0.122 e. The molecule has 2 N–H and O–H groups in total. The number of hydrogen-bond acceptors (Lipinski definition) is 3. The molecular formula is C13H20N2O. The molecule has 0 aromatic heterocycles. The minimum absolute atomic E-state index is 0.596. The van der Waals surface area contributed by atoms with Gasteiger partial charge in [0.1, 0.15) is 5.75 Å². The van der Waals surface area contributed by atoms with Gasteiger partial charge in [0.15, 0.2) is 0 Å². The second-order valence-electron chi connectivity index (χ2n) is 4.21. The first-order valence-electron chi connectivity index (χ1n) is 5.96. The molecule has 2 rings (SSSR count). The Kier molecular flexibility index (Phi) is 4.19. The summed E-state index contributed by atoms with van der Waals surface area (Å²) in [6, 6.07) is 8.86. The van der Waals surface area contributed by atoms with Crippen LogP contribution < -0.4 is 15.4 Å². The van der Waals surface area contributed by atoms with Gasteiger partial charge < -0.3 is 15.4 Å². The number of hydrogen-bond donors (Lipinski definition) is 2. The van der Waals surface area contributed by atoms with Crippen LogP contribution in [0, 0.1) is 0 Å². The summed E-state index contributed by atoms with van der Waals surface area (Å²) in [5, 5.41) is 6.93. The largest absolute Gasteiger partial charge is 0.496 e. The number of rotatable bonds is 4. The van der Waals surface area contributed by atoms with Crippen LogP contribution in [0.4, 0.5) is 0 Å². The van der Waals surface area contributed by atoms with Crippen molar-refractivity contribution in [3.05, 3.63) is 29.8 Å². The lowest BCUT2D eigenvalue weighted by molar-refractivity contribution is 0.389. The molecule has 0 unspecified atom stereocenters. The van der Waals surface area contributed by atoms with E-state index in [9.17, 15) is 0 Å². The number of methoxy groups -OCH3 is 1. The van der Waals surface area contributed by atoms with E-state index < -0.39 is 0 Å². The first-order chi connectivity index (χ1) is 7.90. The molecule has 0 bridgehead atoms. The third kappa shape index (κ3) is 2.97. The topological polar surface area (TPSA) is 33.3 Å². The molecule has 0 aliphatic carbocycles. The van der Waals surface area contributed by atoms with E-state index in [0.717, 1.165) is 38.2 Å². The molecular weight excluding hydrogens is 200 g/mol. The summed E-state index contributed by atoms with van der Waals surface area (Å²) < 4.78 is 5.35. The second kappa shape index (κ2) is 5.87. The Labute approximate surface area is 97.2 Å². The Morgan fingerprint density at radius 2 is 2.19 bits per heavy atom. The fourth-order valence-electron chi connectivity index (χ4n) is 2.16. The SMILES string of the molecule is COc1ccccc1CC[C@H]1CNCCN1. The molecule has 3 nitrogen and oxygen atoms in total. The van der Waals surface area contributed by atoms with Crippen molar-refractivity contribution in [1.82, 2.24) is 10.6 Å². The van der Waals surface area contributed by atoms with Gasteiger partial charge in [0, 0.05) is 25.7 Å². The van der Waals surface area contributed by atoms with Crippen LogP contribution in [-0.2, 0) is 6.42 Å². The van der Waals surface area contributed by atoms with Gasteiger partial charge in [0.2, 0.25) is 0 Å². The zero-order valence-corrected chi connectivity index (χ0v) is 9.83. The third-order valence-electron chi connectivity index (χ3n) is 3.08. The number of nitrogens with one attached hydrogen (secondary N) is 2. The predicted octanol–water partition coefficient (Wildman–Crippen LogP) is 1.19. The quantitative estimate of drug-likeness (QED) is 0.799. The van der Waals surface area contributed by atoms with Gasteiger partial charge in [-0.15, -0.1) is 0 Å². The van der Waals surface area contributed by atoms with Gasteiger partial charge in [-0.05, 0) is 24.5 Å². The van der Waals surface area contributed by atoms with E-state index in [2.05, 4.69) is 22.8 Å². The van der Waals surface area contributed by atoms with Crippen molar-refractivity contribution in [3.8, 4) is 5.75 Å². The smallest absolute Gasteiger partial charge is 0.122 e. The number of para-hydroxylation sites is 1. The van der Waals surface area contributed by atoms with Crippen LogP contribution >= 0.6 is 0 Å². The molecule has 3 heteroatoms. The van der Waals surface area contributed by atoms with Crippen molar-refractivity contribution in [2.75, 3.05) is 26.7 Å². The van der Waals surface area contributed by atoms with E-state index in [1.54, 1.807) is 7.11 Å². The van der Waals surface area contributed by atoms with Crippen molar-refractivity contribution >= 4 is 0 Å². The lowest BCUT2D eigenvalue weighted by atomic mass is 10.0. The van der Waals surface area contributed by atoms with Crippen molar-refractivity contribution in [2.24, 2.45) is 0 Å². The molecule has 1 aromatic carbocycles. The Morgan fingerprint density at radius 3 is 2.94 bits per heavy atom. The van der Waals surface area contributed by atoms with Crippen LogP contribution in [0.25, 0.3) is 0 Å². The van der Waals surface area contributed by atoms with E-state index in [1.807, 2.05) is 12.1 Å². The van der Waals surface area contributed by atoms with Crippen LogP contribution in [0.5, 0.6) is 5.75 Å². The van der Waals surface area contributed by atoms with Crippen LogP contribution in [0.2, 0.25) is 0 Å². The maximum atomic E-state index is 5.35. The molecule has 1 atom stereocenters. The van der Waals surface area contributed by atoms with E-state index in [4.69, 9.17) is 4.74 Å². The summed E-state index contributed by atoms with van der Waals surface area (Å²) in [4.78, 5) is 0. The van der Waals surface area contributed by atoms with Crippen molar-refractivity contribution in [3.63, 3.8) is 0 Å². The molecule has 0 saturated carbocycles. The Bertz CT molecular complexity index is 321. The first-order valence-corrected chi connectivity index (χ1v) is 5.96. The summed E-state index contributed by atoms with van der Waals surface area (Å²) in [5.74, 6) is 1.01. The second-order valence-corrected chi connectivity index (χ2v) is 4.21. The van der Waals surface area contributed by atoms with Gasteiger partial charge in [-0.1, -0.05) is 18.2 Å². The molecule has 1 aliphatic heterocycles. The van der Waals surface area contributed by atoms with Gasteiger partial charge in [0.05, 0.1) is 7.11 Å². The highest BCUT2D eigenvalue weighted by Crippen LogP contribution is 2.19. The predicted molar refractivity (Wildman–Crippen MR) is 66.0 cm³/mol. The molecule has 16 heavy (non-hydrogen) atoms. The minimum Gasteiger partial charge on any atom is -0.496 e. The van der Waals surface area contributed by atoms with Crippen molar-refractivity contribution in [1.29, 1.82) is 0 Å². The Hall–Kier alpha value is -1.06. The highest BCUT2D eigenvalue weighted by molar-refractivity contribution is 5.33. The third-order valence-corrected chi connectivity index (χ3v) is 3.08. The monoisotopic (exact) mass is 220 g/mol. The molecule has 1 heterocycles. The summed E-state index contributed by atoms with van der Waals surface area (Å²) in [6.45, 7) is 3.25. The molecule has 1 aromatic rings. The van der Waals surface area contributed by atoms with Gasteiger partial charge in [0.25, 0.3) is 0 Å². The average Bonchev–Trinajstić information content (AvgIpc) is 2.38. The standard InChI is InChI=1S/C13H20N2O/c1-16-13-5-3-2-4-11(13)6-7-12-10-14-8-9-15-12/h2-5,12,14-15H,6-10H2,1H3/t12-/m0/s1. The van der Waals surface area contributed by atoms with E-state index in [0.29, 0.717) is 6.04 Å². The normalized spacial score (nSPS) is 20.7. The molecule has 88 valence electrons. The number of ether oxygens (including phenoxy) is 1. The van der Waals surface area contributed by atoms with Gasteiger partial charge in [-0.2, -0.15) is 0 Å². The summed E-state index contributed by atoms with van der Waals surface area (Å²) in [5.41, 5.74) is 1.30. The highest BCUT2D eigenvalue weighted by Gasteiger charge is 2.12. The number of piperazine rings is 1. The first kappa shape index (κ1) is 11.4. The molecule has 1 saturated heterocycles. The molecule has 0 radical (unpaired) electrons. The Balaban J connectivity index is 1.88. The van der Waals surface area contributed by atoms with Crippen molar-refractivity contribution < 1.29 is 4.74 Å². The molecule has 1 aliphatic rings. The van der Waals surface area contributed by atoms with E-state index in [1.165, 1.54) is 5.56 Å². The van der Waals surface area contributed by atoms with Gasteiger partial charge >= 0.3 is 0 Å². The van der Waals surface area contributed by atoms with E-state index >= 15 is 0 Å². The highest BCUT2D eigenvalue weighted by atomic mass is 16.5. The molecule has 1 fully saturated rings. The van der Waals surface area contributed by atoms with Gasteiger partial charge in [-0.3, -0.25) is 0 Å². The van der Waals surface area contributed by atoms with Gasteiger partial charge in [-0.25, -0.2) is 0 Å². The van der Waals surface area contributed by atoms with Crippen LogP contribution in [0.1, 0.15) is 12.0 Å². The fraction of sp³-hybridized carbons (Fsp3) is 0.538. The van der Waals surface area contributed by atoms with Crippen molar-refractivity contribution in [2.45, 2.75) is 18.9 Å². The van der Waals surface area contributed by atoms with Crippen LogP contribution in [0.3, 0.4) is 0 Å². The zero-order chi connectivity index (χ0) is 11.2. The fourth-order valence-corrected chi connectivity index (χ4v) is 2.16. The van der Waals surface area contributed by atoms with Crippen LogP contribution in [0.15, 0.2) is 24.3 Å². The lowest BCUT2D eigenvalue weighted by Gasteiger charge is -2.24. The Morgan fingerprint density at radius 1 is 1.31 bits per heavy atom. The summed E-state index contributed by atoms with van der Waals surface area (Å²) in [7, 11) is 1.74.